The van der Waals surface area contributed by atoms with Crippen molar-refractivity contribution in [2.45, 2.75) is 62.0 Å². The highest BCUT2D eigenvalue weighted by atomic mass is 127. The van der Waals surface area contributed by atoms with Gasteiger partial charge in [-0.1, -0.05) is 34.7 Å². The minimum atomic E-state index is -0.516. The van der Waals surface area contributed by atoms with Gasteiger partial charge in [-0.15, -0.1) is 0 Å². The summed E-state index contributed by atoms with van der Waals surface area (Å²) in [7, 11) is 0. The van der Waals surface area contributed by atoms with Crippen molar-refractivity contribution in [1.82, 2.24) is 5.32 Å². The summed E-state index contributed by atoms with van der Waals surface area (Å²) in [6.07, 6.45) is 10.2. The number of ether oxygens (including phenoxy) is 1. The summed E-state index contributed by atoms with van der Waals surface area (Å²) in [5, 5.41) is 3.40. The van der Waals surface area contributed by atoms with E-state index >= 15 is 0 Å². The quantitative estimate of drug-likeness (QED) is 0.295. The first-order chi connectivity index (χ1) is 9.78. The minimum Gasteiger partial charge on any atom is -0.459 e. The number of alkyl halides is 1. The van der Waals surface area contributed by atoms with Crippen LogP contribution >= 0.6 is 22.6 Å². The van der Waals surface area contributed by atoms with Crippen molar-refractivity contribution in [3.05, 3.63) is 23.9 Å². The smallest absolute Gasteiger partial charge is 0.323 e. The molecule has 2 atom stereocenters. The molecule has 1 aliphatic rings. The molecule has 21 heavy (non-hydrogen) atoms. The lowest BCUT2D eigenvalue weighted by Gasteiger charge is -2.22. The SMILES string of the molecule is CC(C)(C)OC(=O)[C@@H](N)CCCCNC1=CC[C@H](I)C=C1. The Kier molecular flexibility index (Phi) is 7.73. The predicted molar refractivity (Wildman–Crippen MR) is 95.3 cm³/mol. The van der Waals surface area contributed by atoms with Gasteiger partial charge < -0.3 is 15.8 Å². The van der Waals surface area contributed by atoms with Gasteiger partial charge in [0, 0.05) is 16.2 Å². The summed E-state index contributed by atoms with van der Waals surface area (Å²) in [6, 6.07) is -0.516. The number of hydrogen-bond donors (Lipinski definition) is 2. The fourth-order valence-electron chi connectivity index (χ4n) is 1.94. The van der Waals surface area contributed by atoms with E-state index in [1.807, 2.05) is 20.8 Å². The van der Waals surface area contributed by atoms with E-state index < -0.39 is 11.6 Å². The third kappa shape index (κ3) is 8.46. The summed E-state index contributed by atoms with van der Waals surface area (Å²) in [6.45, 7) is 6.47. The van der Waals surface area contributed by atoms with Gasteiger partial charge in [-0.05, 0) is 52.5 Å². The van der Waals surface area contributed by atoms with Gasteiger partial charge in [0.05, 0.1) is 0 Å². The predicted octanol–water partition coefficient (Wildman–Crippen LogP) is 3.06. The number of hydrogen-bond acceptors (Lipinski definition) is 4. The Morgan fingerprint density at radius 1 is 1.52 bits per heavy atom. The van der Waals surface area contributed by atoms with Crippen LogP contribution in [0.4, 0.5) is 0 Å². The molecular weight excluding hydrogens is 379 g/mol. The van der Waals surface area contributed by atoms with Gasteiger partial charge in [0.15, 0.2) is 0 Å². The van der Waals surface area contributed by atoms with Crippen LogP contribution in [0.3, 0.4) is 0 Å². The van der Waals surface area contributed by atoms with E-state index in [0.717, 1.165) is 25.8 Å². The maximum atomic E-state index is 11.7. The van der Waals surface area contributed by atoms with Crippen molar-refractivity contribution in [3.8, 4) is 0 Å². The van der Waals surface area contributed by atoms with Crippen molar-refractivity contribution < 1.29 is 9.53 Å². The van der Waals surface area contributed by atoms with E-state index in [2.05, 4.69) is 46.1 Å². The van der Waals surface area contributed by atoms with Gasteiger partial charge in [0.1, 0.15) is 11.6 Å². The number of halogens is 1. The summed E-state index contributed by atoms with van der Waals surface area (Å²) in [5.74, 6) is -0.304. The number of nitrogens with two attached hydrogens (primary N) is 1. The molecule has 0 aromatic carbocycles. The minimum absolute atomic E-state index is 0.304. The zero-order valence-electron chi connectivity index (χ0n) is 13.2. The van der Waals surface area contributed by atoms with Crippen LogP contribution in [0.15, 0.2) is 23.9 Å². The number of rotatable bonds is 7. The largest absolute Gasteiger partial charge is 0.459 e. The molecule has 0 unspecified atom stereocenters. The lowest BCUT2D eigenvalue weighted by atomic mass is 10.1. The van der Waals surface area contributed by atoms with Crippen LogP contribution in [-0.2, 0) is 9.53 Å². The van der Waals surface area contributed by atoms with Crippen molar-refractivity contribution in [2.75, 3.05) is 6.54 Å². The van der Waals surface area contributed by atoms with E-state index in [4.69, 9.17) is 10.5 Å². The Morgan fingerprint density at radius 2 is 2.24 bits per heavy atom. The second-order valence-corrected chi connectivity index (χ2v) is 7.93. The molecule has 1 rings (SSSR count). The van der Waals surface area contributed by atoms with Gasteiger partial charge in [-0.3, -0.25) is 4.79 Å². The second kappa shape index (κ2) is 8.78. The summed E-state index contributed by atoms with van der Waals surface area (Å²) in [4.78, 5) is 11.7. The lowest BCUT2D eigenvalue weighted by molar-refractivity contribution is -0.156. The topological polar surface area (TPSA) is 64.3 Å². The average molecular weight is 406 g/mol. The Hall–Kier alpha value is -0.560. The van der Waals surface area contributed by atoms with Crippen LogP contribution < -0.4 is 11.1 Å². The molecule has 0 aromatic heterocycles. The fraction of sp³-hybridized carbons (Fsp3) is 0.688. The molecule has 5 heteroatoms. The van der Waals surface area contributed by atoms with Gasteiger partial charge >= 0.3 is 5.97 Å². The van der Waals surface area contributed by atoms with Gasteiger partial charge in [0.25, 0.3) is 0 Å². The summed E-state index contributed by atoms with van der Waals surface area (Å²) in [5.41, 5.74) is 6.57. The monoisotopic (exact) mass is 406 g/mol. The van der Waals surface area contributed by atoms with Gasteiger partial charge in [0.2, 0.25) is 0 Å². The molecule has 0 spiro atoms. The molecule has 3 N–H and O–H groups in total. The number of unbranched alkanes of at least 4 members (excludes halogenated alkanes) is 1. The molecule has 0 aromatic rings. The molecule has 0 aliphatic heterocycles. The maximum absolute atomic E-state index is 11.7. The molecule has 0 fully saturated rings. The van der Waals surface area contributed by atoms with E-state index in [9.17, 15) is 4.79 Å². The molecule has 120 valence electrons. The highest BCUT2D eigenvalue weighted by molar-refractivity contribution is 14.1. The van der Waals surface area contributed by atoms with E-state index in [1.165, 1.54) is 5.70 Å². The molecular formula is C16H27IN2O2. The van der Waals surface area contributed by atoms with Gasteiger partial charge in [-0.25, -0.2) is 0 Å². The van der Waals surface area contributed by atoms with E-state index in [0.29, 0.717) is 10.3 Å². The van der Waals surface area contributed by atoms with Crippen LogP contribution in [0.5, 0.6) is 0 Å². The van der Waals surface area contributed by atoms with Gasteiger partial charge in [-0.2, -0.15) is 0 Å². The molecule has 0 heterocycles. The Bertz CT molecular complexity index is 400. The van der Waals surface area contributed by atoms with Crippen LogP contribution in [0.25, 0.3) is 0 Å². The summed E-state index contributed by atoms with van der Waals surface area (Å²) >= 11 is 2.42. The molecule has 0 radical (unpaired) electrons. The highest BCUT2D eigenvalue weighted by Gasteiger charge is 2.21. The number of carbonyl (C=O) groups is 1. The molecule has 0 bridgehead atoms. The van der Waals surface area contributed by atoms with Crippen LogP contribution in [-0.4, -0.2) is 28.1 Å². The highest BCUT2D eigenvalue weighted by Crippen LogP contribution is 2.15. The summed E-state index contributed by atoms with van der Waals surface area (Å²) < 4.78 is 5.87. The molecule has 1 aliphatic carbocycles. The molecule has 0 amide bonds. The zero-order chi connectivity index (χ0) is 15.9. The average Bonchev–Trinajstić information content (AvgIpc) is 2.38. The number of carbonyl (C=O) groups excluding carboxylic acids is 1. The number of allylic oxidation sites excluding steroid dienone is 3. The first kappa shape index (κ1) is 18.5. The molecule has 0 saturated heterocycles. The third-order valence-corrected chi connectivity index (χ3v) is 3.95. The lowest BCUT2D eigenvalue weighted by Crippen LogP contribution is -2.37. The Balaban J connectivity index is 2.11. The molecule has 4 nitrogen and oxygen atoms in total. The van der Waals surface area contributed by atoms with Crippen LogP contribution in [0.1, 0.15) is 46.5 Å². The Labute approximate surface area is 141 Å². The Morgan fingerprint density at radius 3 is 2.81 bits per heavy atom. The van der Waals surface area contributed by atoms with Crippen molar-refractivity contribution in [1.29, 1.82) is 0 Å². The number of nitrogens with one attached hydrogen (secondary N) is 1. The van der Waals surface area contributed by atoms with Crippen molar-refractivity contribution >= 4 is 28.6 Å². The first-order valence-corrected chi connectivity index (χ1v) is 8.77. The van der Waals surface area contributed by atoms with Crippen molar-refractivity contribution in [3.63, 3.8) is 0 Å². The van der Waals surface area contributed by atoms with Crippen LogP contribution in [0, 0.1) is 0 Å². The first-order valence-electron chi connectivity index (χ1n) is 7.52. The fourth-order valence-corrected chi connectivity index (χ4v) is 2.40. The molecule has 0 saturated carbocycles. The zero-order valence-corrected chi connectivity index (χ0v) is 15.4. The third-order valence-electron chi connectivity index (χ3n) is 3.03. The number of esters is 1. The van der Waals surface area contributed by atoms with Crippen LogP contribution in [0.2, 0.25) is 0 Å². The van der Waals surface area contributed by atoms with Crippen molar-refractivity contribution in [2.24, 2.45) is 5.73 Å². The van der Waals surface area contributed by atoms with E-state index in [-0.39, 0.29) is 5.97 Å². The second-order valence-electron chi connectivity index (χ2n) is 6.33. The maximum Gasteiger partial charge on any atom is 0.323 e. The van der Waals surface area contributed by atoms with E-state index in [1.54, 1.807) is 0 Å². The normalized spacial score (nSPS) is 19.9. The standard InChI is InChI=1S/C16H27IN2O2/c1-16(2,3)21-15(20)14(18)6-4-5-11-19-13-9-7-12(17)8-10-13/h7,9-10,12,14,19H,4-6,8,11,18H2,1-3H3/t12-,14+/m1/s1.